The number of rotatable bonds is 8. The van der Waals surface area contributed by atoms with Crippen LogP contribution in [0.25, 0.3) is 0 Å². The minimum absolute atomic E-state index is 0.0569. The molecule has 0 spiro atoms. The summed E-state index contributed by atoms with van der Waals surface area (Å²) in [4.78, 5) is 27.8. The van der Waals surface area contributed by atoms with Gasteiger partial charge in [0.2, 0.25) is 5.91 Å². The summed E-state index contributed by atoms with van der Waals surface area (Å²) >= 11 is 0. The number of nitrogens with one attached hydrogen (secondary N) is 1. The molecule has 0 bridgehead atoms. The molecule has 4 rings (SSSR count). The summed E-state index contributed by atoms with van der Waals surface area (Å²) in [5.74, 6) is -2.96. The van der Waals surface area contributed by atoms with Crippen LogP contribution in [-0.4, -0.2) is 42.0 Å². The van der Waals surface area contributed by atoms with Crippen molar-refractivity contribution in [3.8, 4) is 5.75 Å². The van der Waals surface area contributed by atoms with E-state index < -0.39 is 17.5 Å². The largest absolute Gasteiger partial charge is 0.494 e. The second-order valence-electron chi connectivity index (χ2n) is 8.55. The molecule has 0 saturated heterocycles. The molecule has 1 aliphatic rings. The van der Waals surface area contributed by atoms with Gasteiger partial charge in [-0.3, -0.25) is 9.59 Å². The Kier molecular flexibility index (Phi) is 10.5. The summed E-state index contributed by atoms with van der Waals surface area (Å²) in [6.45, 7) is 2.68. The number of esters is 1. The molecule has 1 amide bonds. The number of anilines is 1. The molecule has 10 heteroatoms. The highest BCUT2D eigenvalue weighted by atomic mass is 19.2. The van der Waals surface area contributed by atoms with Gasteiger partial charge in [0.25, 0.3) is 0 Å². The predicted molar refractivity (Wildman–Crippen MR) is 136 cm³/mol. The summed E-state index contributed by atoms with van der Waals surface area (Å²) in [5, 5.41) is 3.22. The van der Waals surface area contributed by atoms with Crippen molar-refractivity contribution in [3.63, 3.8) is 0 Å². The molecule has 0 radical (unpaired) electrons. The van der Waals surface area contributed by atoms with Gasteiger partial charge in [0.1, 0.15) is 11.6 Å². The normalized spacial score (nSPS) is 12.6. The first-order chi connectivity index (χ1) is 18.3. The lowest BCUT2D eigenvalue weighted by Gasteiger charge is -2.22. The Balaban J connectivity index is 0.000000732. The van der Waals surface area contributed by atoms with Crippen LogP contribution < -0.4 is 10.1 Å². The van der Waals surface area contributed by atoms with Gasteiger partial charge in [0, 0.05) is 44.7 Å². The van der Waals surface area contributed by atoms with E-state index >= 15 is 0 Å². The molecule has 0 saturated carbocycles. The van der Waals surface area contributed by atoms with Gasteiger partial charge in [0.15, 0.2) is 17.5 Å². The zero-order chi connectivity index (χ0) is 27.5. The van der Waals surface area contributed by atoms with Gasteiger partial charge in [-0.2, -0.15) is 0 Å². The molecule has 0 fully saturated rings. The smallest absolute Gasteiger partial charge is 0.302 e. The number of benzene rings is 2. The molecule has 1 aliphatic heterocycles. The van der Waals surface area contributed by atoms with Gasteiger partial charge < -0.3 is 19.7 Å². The van der Waals surface area contributed by atoms with Crippen molar-refractivity contribution in [2.45, 2.75) is 39.3 Å². The molecular weight excluding hydrogens is 499 g/mol. The Labute approximate surface area is 219 Å². The predicted octanol–water partition coefficient (Wildman–Crippen LogP) is 5.03. The number of ether oxygens (including phenoxy) is 2. The molecule has 0 unspecified atom stereocenters. The van der Waals surface area contributed by atoms with Crippen molar-refractivity contribution in [2.75, 3.05) is 25.6 Å². The fourth-order valence-electron chi connectivity index (χ4n) is 3.76. The molecule has 2 aromatic carbocycles. The lowest BCUT2D eigenvalue weighted by molar-refractivity contribution is -0.138. The van der Waals surface area contributed by atoms with Crippen LogP contribution in [0.15, 0.2) is 54.7 Å². The fourth-order valence-corrected chi connectivity index (χ4v) is 3.76. The van der Waals surface area contributed by atoms with E-state index in [0.717, 1.165) is 29.4 Å². The zero-order valence-corrected chi connectivity index (χ0v) is 21.3. The maximum absolute atomic E-state index is 14.1. The molecule has 0 aliphatic carbocycles. The number of hydrogen-bond donors (Lipinski definition) is 1. The quantitative estimate of drug-likeness (QED) is 0.250. The van der Waals surface area contributed by atoms with Gasteiger partial charge in [0.05, 0.1) is 13.7 Å². The van der Waals surface area contributed by atoms with Crippen LogP contribution in [-0.2, 0) is 33.8 Å². The first-order valence-electron chi connectivity index (χ1n) is 12.1. The highest BCUT2D eigenvalue weighted by Gasteiger charge is 2.23. The summed E-state index contributed by atoms with van der Waals surface area (Å²) in [6.07, 6.45) is 3.31. The lowest BCUT2D eigenvalue weighted by atomic mass is 10.0. The summed E-state index contributed by atoms with van der Waals surface area (Å²) < 4.78 is 51.0. The molecule has 0 atom stereocenters. The molecule has 1 N–H and O–H groups in total. The van der Waals surface area contributed by atoms with Gasteiger partial charge >= 0.3 is 5.97 Å². The number of carbonyl (C=O) groups is 2. The van der Waals surface area contributed by atoms with Crippen LogP contribution in [0.4, 0.5) is 19.0 Å². The van der Waals surface area contributed by atoms with Gasteiger partial charge in [-0.15, -0.1) is 0 Å². The molecule has 3 aromatic rings. The maximum atomic E-state index is 14.1. The topological polar surface area (TPSA) is 80.8 Å². The third-order valence-electron chi connectivity index (χ3n) is 5.82. The number of halogens is 3. The minimum atomic E-state index is -1.52. The molecule has 2 heterocycles. The Morgan fingerprint density at radius 2 is 1.84 bits per heavy atom. The Morgan fingerprint density at radius 1 is 1.05 bits per heavy atom. The van der Waals surface area contributed by atoms with Gasteiger partial charge in [-0.05, 0) is 54.3 Å². The van der Waals surface area contributed by atoms with E-state index in [1.165, 1.54) is 25.0 Å². The maximum Gasteiger partial charge on any atom is 0.302 e. The highest BCUT2D eigenvalue weighted by Crippen LogP contribution is 2.26. The number of hydrogen-bond acceptors (Lipinski definition) is 6. The summed E-state index contributed by atoms with van der Waals surface area (Å²) in [7, 11) is 1.35. The molecule has 38 heavy (non-hydrogen) atoms. The number of aryl methyl sites for hydroxylation is 1. The first kappa shape index (κ1) is 28.5. The van der Waals surface area contributed by atoms with Crippen LogP contribution in [0, 0.1) is 17.5 Å². The Morgan fingerprint density at radius 3 is 2.55 bits per heavy atom. The second-order valence-corrected chi connectivity index (χ2v) is 8.55. The lowest BCUT2D eigenvalue weighted by Crippen LogP contribution is -2.29. The van der Waals surface area contributed by atoms with Gasteiger partial charge in [-0.1, -0.05) is 18.2 Å². The van der Waals surface area contributed by atoms with E-state index in [1.54, 1.807) is 6.20 Å². The molecular formula is C28H30F3N3O4. The van der Waals surface area contributed by atoms with Crippen molar-refractivity contribution >= 4 is 17.7 Å². The van der Waals surface area contributed by atoms with Crippen molar-refractivity contribution in [3.05, 3.63) is 88.9 Å². The van der Waals surface area contributed by atoms with Crippen LogP contribution in [0.1, 0.15) is 36.5 Å². The molecule has 202 valence electrons. The summed E-state index contributed by atoms with van der Waals surface area (Å²) in [6, 6.07) is 13.4. The van der Waals surface area contributed by atoms with E-state index in [2.05, 4.69) is 15.0 Å². The SMILES string of the molecule is COC(C)=O.O=C1CCc2ccc(OCCCNc3ccccn3)cc2CN1Cc1ccc(F)c(F)c1F. The van der Waals surface area contributed by atoms with Crippen molar-refractivity contribution in [2.24, 2.45) is 0 Å². The van der Waals surface area contributed by atoms with E-state index in [9.17, 15) is 22.8 Å². The van der Waals surface area contributed by atoms with Crippen LogP contribution >= 0.6 is 0 Å². The highest BCUT2D eigenvalue weighted by molar-refractivity contribution is 5.77. The molecule has 1 aromatic heterocycles. The van der Waals surface area contributed by atoms with E-state index in [-0.39, 0.29) is 37.0 Å². The zero-order valence-electron chi connectivity index (χ0n) is 21.3. The van der Waals surface area contributed by atoms with E-state index in [0.29, 0.717) is 25.3 Å². The number of methoxy groups -OCH3 is 1. The number of amides is 1. The van der Waals surface area contributed by atoms with Crippen LogP contribution in [0.5, 0.6) is 5.75 Å². The first-order valence-corrected chi connectivity index (χ1v) is 12.1. The number of carbonyl (C=O) groups excluding carboxylic acids is 2. The standard InChI is InChI=1S/C25H24F3N3O2.C3H6O2/c26-21-9-6-18(24(27)25(21)28)15-31-16-19-14-20(8-5-17(19)7-10-23(31)32)33-13-3-12-30-22-4-1-2-11-29-22;1-3(4)5-2/h1-2,4-6,8-9,11,14H,3,7,10,12-13,15-16H2,(H,29,30);1-2H3. The number of fused-ring (bicyclic) bond motifs is 1. The van der Waals surface area contributed by atoms with Crippen LogP contribution in [0.3, 0.4) is 0 Å². The Hall–Kier alpha value is -4.08. The number of pyridine rings is 1. The second kappa shape index (κ2) is 14.0. The third kappa shape index (κ3) is 8.22. The number of nitrogens with zero attached hydrogens (tertiary/aromatic N) is 2. The minimum Gasteiger partial charge on any atom is -0.494 e. The average molecular weight is 530 g/mol. The van der Waals surface area contributed by atoms with Crippen LogP contribution in [0.2, 0.25) is 0 Å². The average Bonchev–Trinajstić information content (AvgIpc) is 3.07. The Bertz CT molecular complexity index is 1240. The van der Waals surface area contributed by atoms with E-state index in [4.69, 9.17) is 4.74 Å². The monoisotopic (exact) mass is 529 g/mol. The summed E-state index contributed by atoms with van der Waals surface area (Å²) in [5.41, 5.74) is 1.85. The van der Waals surface area contributed by atoms with Crippen molar-refractivity contribution < 1.29 is 32.2 Å². The van der Waals surface area contributed by atoms with Crippen molar-refractivity contribution in [1.29, 1.82) is 0 Å². The number of aromatic nitrogens is 1. The van der Waals surface area contributed by atoms with Gasteiger partial charge in [-0.25, -0.2) is 18.2 Å². The van der Waals surface area contributed by atoms with E-state index in [1.807, 2.05) is 36.4 Å². The van der Waals surface area contributed by atoms with Crippen molar-refractivity contribution in [1.82, 2.24) is 9.88 Å². The molecule has 7 nitrogen and oxygen atoms in total. The fraction of sp³-hybridized carbons (Fsp3) is 0.321. The third-order valence-corrected chi connectivity index (χ3v) is 5.82.